The van der Waals surface area contributed by atoms with Crippen LogP contribution in [-0.4, -0.2) is 6.04 Å². The molecule has 1 aromatic rings. The zero-order valence-electron chi connectivity index (χ0n) is 8.85. The summed E-state index contributed by atoms with van der Waals surface area (Å²) in [7, 11) is 0. The Bertz CT molecular complexity index is 387. The molecule has 4 heteroatoms. The molecule has 1 fully saturated rings. The first-order chi connectivity index (χ1) is 7.53. The highest BCUT2D eigenvalue weighted by Gasteiger charge is 2.37. The summed E-state index contributed by atoms with van der Waals surface area (Å²) < 4.78 is 14.7. The van der Waals surface area contributed by atoms with Gasteiger partial charge in [0.2, 0.25) is 0 Å². The molecule has 0 aliphatic heterocycles. The zero-order chi connectivity index (χ0) is 11.8. The molecule has 0 radical (unpaired) electrons. The fraction of sp³-hybridized carbons (Fsp3) is 0.500. The summed E-state index contributed by atoms with van der Waals surface area (Å²) in [5.41, 5.74) is 4.92. The molecule has 1 aliphatic carbocycles. The normalized spacial score (nSPS) is 30.4. The van der Waals surface area contributed by atoms with Crippen molar-refractivity contribution in [1.82, 2.24) is 0 Å². The van der Waals surface area contributed by atoms with Crippen molar-refractivity contribution in [3.8, 4) is 0 Å². The summed E-state index contributed by atoms with van der Waals surface area (Å²) in [6, 6.07) is 5.23. The van der Waals surface area contributed by atoms with Crippen LogP contribution in [0.1, 0.15) is 31.2 Å². The van der Waals surface area contributed by atoms with Crippen molar-refractivity contribution in [2.45, 2.75) is 37.4 Å². The van der Waals surface area contributed by atoms with E-state index < -0.39 is 5.67 Å². The quantitative estimate of drug-likeness (QED) is 0.811. The molecule has 0 unspecified atom stereocenters. The molecule has 1 nitrogen and oxygen atoms in total. The average Bonchev–Trinajstić information content (AvgIpc) is 2.27. The molecule has 1 aromatic carbocycles. The summed E-state index contributed by atoms with van der Waals surface area (Å²) in [6.45, 7) is 0. The number of hydrogen-bond donors (Lipinski definition) is 1. The van der Waals surface area contributed by atoms with Crippen LogP contribution in [0.3, 0.4) is 0 Å². The lowest BCUT2D eigenvalue weighted by Crippen LogP contribution is -2.34. The molecule has 2 rings (SSSR count). The zero-order valence-corrected chi connectivity index (χ0v) is 10.4. The second-order valence-electron chi connectivity index (χ2n) is 4.40. The first kappa shape index (κ1) is 12.2. The maximum Gasteiger partial charge on any atom is 0.137 e. The molecule has 88 valence electrons. The third kappa shape index (κ3) is 2.20. The fourth-order valence-electron chi connectivity index (χ4n) is 2.22. The Morgan fingerprint density at radius 3 is 2.50 bits per heavy atom. The third-order valence-corrected chi connectivity index (χ3v) is 4.08. The summed E-state index contributed by atoms with van der Waals surface area (Å²) in [5.74, 6) is 0. The van der Waals surface area contributed by atoms with Crippen molar-refractivity contribution in [3.05, 3.63) is 33.8 Å². The topological polar surface area (TPSA) is 26.0 Å². The summed E-state index contributed by atoms with van der Waals surface area (Å²) >= 11 is 11.9. The highest BCUT2D eigenvalue weighted by molar-refractivity contribution is 6.42. The SMILES string of the molecule is NC1CCC(F)(c2cccc(Cl)c2Cl)CC1. The molecular weight excluding hydrogens is 248 g/mol. The van der Waals surface area contributed by atoms with Crippen molar-refractivity contribution < 1.29 is 4.39 Å². The van der Waals surface area contributed by atoms with E-state index in [-0.39, 0.29) is 6.04 Å². The number of rotatable bonds is 1. The predicted molar refractivity (Wildman–Crippen MR) is 65.7 cm³/mol. The molecule has 0 heterocycles. The molecule has 0 bridgehead atoms. The van der Waals surface area contributed by atoms with Gasteiger partial charge in [-0.3, -0.25) is 0 Å². The first-order valence-electron chi connectivity index (χ1n) is 5.42. The van der Waals surface area contributed by atoms with Crippen molar-refractivity contribution >= 4 is 23.2 Å². The standard InChI is InChI=1S/C12H14Cl2FN/c13-10-3-1-2-9(11(10)14)12(15)6-4-8(16)5-7-12/h1-3,8H,4-7,16H2. The van der Waals surface area contributed by atoms with Gasteiger partial charge in [0.15, 0.2) is 0 Å². The van der Waals surface area contributed by atoms with E-state index in [9.17, 15) is 4.39 Å². The molecule has 0 saturated heterocycles. The Kier molecular flexibility index (Phi) is 3.43. The van der Waals surface area contributed by atoms with Gasteiger partial charge in [-0.25, -0.2) is 4.39 Å². The highest BCUT2D eigenvalue weighted by Crippen LogP contribution is 2.44. The highest BCUT2D eigenvalue weighted by atomic mass is 35.5. The van der Waals surface area contributed by atoms with Gasteiger partial charge in [-0.1, -0.05) is 35.3 Å². The Labute approximate surface area is 105 Å². The summed E-state index contributed by atoms with van der Waals surface area (Å²) in [5, 5.41) is 0.744. The van der Waals surface area contributed by atoms with E-state index >= 15 is 0 Å². The van der Waals surface area contributed by atoms with Gasteiger partial charge in [0.25, 0.3) is 0 Å². The van der Waals surface area contributed by atoms with Crippen LogP contribution in [0.2, 0.25) is 10.0 Å². The lowest BCUT2D eigenvalue weighted by Gasteiger charge is -2.33. The van der Waals surface area contributed by atoms with Gasteiger partial charge in [0.05, 0.1) is 10.0 Å². The molecular formula is C12H14Cl2FN. The minimum atomic E-state index is -1.36. The Morgan fingerprint density at radius 1 is 1.25 bits per heavy atom. The van der Waals surface area contributed by atoms with Gasteiger partial charge >= 0.3 is 0 Å². The minimum absolute atomic E-state index is 0.113. The molecule has 2 N–H and O–H groups in total. The summed E-state index contributed by atoms with van der Waals surface area (Å²) in [6.07, 6.45) is 2.24. The van der Waals surface area contributed by atoms with Gasteiger partial charge < -0.3 is 5.73 Å². The maximum atomic E-state index is 14.7. The molecule has 0 atom stereocenters. The van der Waals surface area contributed by atoms with Crippen molar-refractivity contribution in [3.63, 3.8) is 0 Å². The van der Waals surface area contributed by atoms with E-state index in [1.54, 1.807) is 18.2 Å². The van der Waals surface area contributed by atoms with E-state index in [4.69, 9.17) is 28.9 Å². The van der Waals surface area contributed by atoms with Gasteiger partial charge in [-0.15, -0.1) is 0 Å². The first-order valence-corrected chi connectivity index (χ1v) is 6.17. The lowest BCUT2D eigenvalue weighted by atomic mass is 9.79. The number of halogens is 3. The van der Waals surface area contributed by atoms with Crippen LogP contribution in [0.25, 0.3) is 0 Å². The molecule has 0 spiro atoms. The Morgan fingerprint density at radius 2 is 1.88 bits per heavy atom. The molecule has 0 amide bonds. The number of benzene rings is 1. The van der Waals surface area contributed by atoms with Crippen LogP contribution >= 0.6 is 23.2 Å². The average molecular weight is 262 g/mol. The van der Waals surface area contributed by atoms with Crippen LogP contribution in [0.4, 0.5) is 4.39 Å². The van der Waals surface area contributed by atoms with Crippen molar-refractivity contribution in [2.75, 3.05) is 0 Å². The van der Waals surface area contributed by atoms with E-state index in [0.717, 1.165) is 0 Å². The molecule has 1 saturated carbocycles. The maximum absolute atomic E-state index is 14.7. The monoisotopic (exact) mass is 261 g/mol. The third-order valence-electron chi connectivity index (χ3n) is 3.26. The Balaban J connectivity index is 2.32. The minimum Gasteiger partial charge on any atom is -0.328 e. The molecule has 1 aliphatic rings. The second-order valence-corrected chi connectivity index (χ2v) is 5.19. The number of alkyl halides is 1. The van der Waals surface area contributed by atoms with Crippen LogP contribution in [0.15, 0.2) is 18.2 Å². The van der Waals surface area contributed by atoms with Crippen LogP contribution in [0, 0.1) is 0 Å². The van der Waals surface area contributed by atoms with Crippen LogP contribution in [0.5, 0.6) is 0 Å². The Hall–Kier alpha value is -0.310. The smallest absolute Gasteiger partial charge is 0.137 e. The van der Waals surface area contributed by atoms with Crippen molar-refractivity contribution in [1.29, 1.82) is 0 Å². The number of hydrogen-bond acceptors (Lipinski definition) is 1. The van der Waals surface area contributed by atoms with E-state index in [1.165, 1.54) is 0 Å². The van der Waals surface area contributed by atoms with E-state index in [2.05, 4.69) is 0 Å². The number of nitrogens with two attached hydrogens (primary N) is 1. The largest absolute Gasteiger partial charge is 0.328 e. The molecule has 0 aromatic heterocycles. The fourth-order valence-corrected chi connectivity index (χ4v) is 2.69. The van der Waals surface area contributed by atoms with Gasteiger partial charge in [0.1, 0.15) is 5.67 Å². The van der Waals surface area contributed by atoms with Gasteiger partial charge in [0, 0.05) is 11.6 Å². The van der Waals surface area contributed by atoms with Crippen LogP contribution in [-0.2, 0) is 5.67 Å². The lowest BCUT2D eigenvalue weighted by molar-refractivity contribution is 0.0980. The molecule has 16 heavy (non-hydrogen) atoms. The van der Waals surface area contributed by atoms with Crippen LogP contribution < -0.4 is 5.73 Å². The van der Waals surface area contributed by atoms with Crippen molar-refractivity contribution in [2.24, 2.45) is 5.73 Å². The summed E-state index contributed by atoms with van der Waals surface area (Å²) in [4.78, 5) is 0. The van der Waals surface area contributed by atoms with E-state index in [0.29, 0.717) is 41.3 Å². The van der Waals surface area contributed by atoms with Gasteiger partial charge in [-0.05, 0) is 31.7 Å². The predicted octanol–water partition coefficient (Wildman–Crippen LogP) is 4.06. The second kappa shape index (κ2) is 4.52. The van der Waals surface area contributed by atoms with E-state index in [1.807, 2.05) is 0 Å². The van der Waals surface area contributed by atoms with Gasteiger partial charge in [-0.2, -0.15) is 0 Å².